The number of fused-ring (bicyclic) bond motifs is 1. The lowest BCUT2D eigenvalue weighted by molar-refractivity contribution is -0.152. The van der Waals surface area contributed by atoms with Gasteiger partial charge in [0.25, 0.3) is 5.91 Å². The molecule has 2 aromatic carbocycles. The van der Waals surface area contributed by atoms with Crippen LogP contribution in [-0.2, 0) is 20.9 Å². The van der Waals surface area contributed by atoms with Gasteiger partial charge in [-0.25, -0.2) is 9.18 Å². The van der Waals surface area contributed by atoms with Crippen molar-refractivity contribution in [3.8, 4) is 5.75 Å². The van der Waals surface area contributed by atoms with Crippen molar-refractivity contribution in [2.24, 2.45) is 0 Å². The van der Waals surface area contributed by atoms with Crippen LogP contribution in [0.15, 0.2) is 54.1 Å². The first-order chi connectivity index (χ1) is 13.1. The molecule has 0 aromatic heterocycles. The number of amides is 1. The Morgan fingerprint density at radius 2 is 1.93 bits per heavy atom. The Balaban J connectivity index is 1.59. The number of halogens is 1. The molecule has 1 aliphatic heterocycles. The van der Waals surface area contributed by atoms with E-state index in [9.17, 15) is 14.0 Å². The second-order valence-electron chi connectivity index (χ2n) is 6.14. The number of benzene rings is 2. The fourth-order valence-electron chi connectivity index (χ4n) is 2.67. The van der Waals surface area contributed by atoms with Crippen LogP contribution in [0.1, 0.15) is 24.5 Å². The van der Waals surface area contributed by atoms with Gasteiger partial charge in [-0.3, -0.25) is 4.79 Å². The van der Waals surface area contributed by atoms with Crippen molar-refractivity contribution in [3.05, 3.63) is 71.0 Å². The standard InChI is InChI=1S/C21H20FNO4/c1-2-18(20(24)23-12-14-7-9-17(22)10-8-14)27-21(25)16-11-15-5-3-4-6-19(15)26-13-16/h3-11,18H,2,12-13H2,1H3,(H,23,24)/t18-/m0/s1. The van der Waals surface area contributed by atoms with Crippen molar-refractivity contribution in [2.75, 3.05) is 6.61 Å². The molecule has 0 unspecified atom stereocenters. The van der Waals surface area contributed by atoms with Crippen molar-refractivity contribution in [1.82, 2.24) is 5.32 Å². The fourth-order valence-corrected chi connectivity index (χ4v) is 2.67. The predicted molar refractivity (Wildman–Crippen MR) is 98.3 cm³/mol. The predicted octanol–water partition coefficient (Wildman–Crippen LogP) is 3.24. The summed E-state index contributed by atoms with van der Waals surface area (Å²) in [5.74, 6) is -0.602. The second-order valence-corrected chi connectivity index (χ2v) is 6.14. The summed E-state index contributed by atoms with van der Waals surface area (Å²) in [7, 11) is 0. The highest BCUT2D eigenvalue weighted by Crippen LogP contribution is 2.26. The third-order valence-corrected chi connectivity index (χ3v) is 4.19. The number of hydrogen-bond donors (Lipinski definition) is 1. The van der Waals surface area contributed by atoms with E-state index >= 15 is 0 Å². The first-order valence-electron chi connectivity index (χ1n) is 8.72. The maximum absolute atomic E-state index is 12.9. The molecule has 140 valence electrons. The summed E-state index contributed by atoms with van der Waals surface area (Å²) in [6.07, 6.45) is 1.15. The minimum atomic E-state index is -0.906. The van der Waals surface area contributed by atoms with Crippen LogP contribution in [0.25, 0.3) is 6.08 Å². The quantitative estimate of drug-likeness (QED) is 0.794. The molecular weight excluding hydrogens is 349 g/mol. The molecule has 1 atom stereocenters. The molecule has 0 fully saturated rings. The second kappa shape index (κ2) is 8.49. The zero-order valence-corrected chi connectivity index (χ0v) is 14.9. The molecule has 0 spiro atoms. The van der Waals surface area contributed by atoms with Crippen LogP contribution in [0, 0.1) is 5.82 Å². The number of nitrogens with one attached hydrogen (secondary N) is 1. The Morgan fingerprint density at radius 1 is 1.19 bits per heavy atom. The molecule has 2 aromatic rings. The van der Waals surface area contributed by atoms with E-state index in [4.69, 9.17) is 9.47 Å². The number of ether oxygens (including phenoxy) is 2. The van der Waals surface area contributed by atoms with Crippen LogP contribution in [0.2, 0.25) is 0 Å². The molecule has 1 aliphatic rings. The first-order valence-corrected chi connectivity index (χ1v) is 8.72. The van der Waals surface area contributed by atoms with Crippen LogP contribution in [-0.4, -0.2) is 24.6 Å². The lowest BCUT2D eigenvalue weighted by Crippen LogP contribution is -2.37. The van der Waals surface area contributed by atoms with Gasteiger partial charge in [0.05, 0.1) is 5.57 Å². The summed E-state index contributed by atoms with van der Waals surface area (Å²) >= 11 is 0. The molecule has 0 aliphatic carbocycles. The maximum atomic E-state index is 12.9. The van der Waals surface area contributed by atoms with Gasteiger partial charge < -0.3 is 14.8 Å². The van der Waals surface area contributed by atoms with Gasteiger partial charge in [0, 0.05) is 12.1 Å². The number of hydrogen-bond acceptors (Lipinski definition) is 4. The summed E-state index contributed by atoms with van der Waals surface area (Å²) in [4.78, 5) is 24.7. The highest BCUT2D eigenvalue weighted by atomic mass is 19.1. The van der Waals surface area contributed by atoms with Gasteiger partial charge in [0.1, 0.15) is 18.2 Å². The Hall–Kier alpha value is -3.15. The molecule has 0 radical (unpaired) electrons. The van der Waals surface area contributed by atoms with Crippen molar-refractivity contribution in [1.29, 1.82) is 0 Å². The first kappa shape index (κ1) is 18.6. The molecular formula is C21H20FNO4. The van der Waals surface area contributed by atoms with Crippen LogP contribution in [0.5, 0.6) is 5.75 Å². The van der Waals surface area contributed by atoms with Gasteiger partial charge in [-0.05, 0) is 36.3 Å². The molecule has 1 N–H and O–H groups in total. The Bertz CT molecular complexity index is 861. The number of carbonyl (C=O) groups is 2. The normalized spacial score (nSPS) is 13.6. The van der Waals surface area contributed by atoms with Gasteiger partial charge in [-0.1, -0.05) is 37.3 Å². The van der Waals surface area contributed by atoms with Crippen LogP contribution in [0.4, 0.5) is 4.39 Å². The Labute approximate surface area is 156 Å². The van der Waals surface area contributed by atoms with Gasteiger partial charge in [0.2, 0.25) is 0 Å². The number of esters is 1. The SMILES string of the molecule is CC[C@H](OC(=O)C1=Cc2ccccc2OC1)C(=O)NCc1ccc(F)cc1. The summed E-state index contributed by atoms with van der Waals surface area (Å²) in [6, 6.07) is 13.2. The molecule has 6 heteroatoms. The number of carbonyl (C=O) groups excluding carboxylic acids is 2. The lowest BCUT2D eigenvalue weighted by Gasteiger charge is -2.20. The molecule has 1 amide bonds. The van der Waals surface area contributed by atoms with E-state index in [1.807, 2.05) is 24.3 Å². The van der Waals surface area contributed by atoms with Gasteiger partial charge in [-0.15, -0.1) is 0 Å². The van der Waals surface area contributed by atoms with Gasteiger partial charge in [-0.2, -0.15) is 0 Å². The topological polar surface area (TPSA) is 64.6 Å². The average Bonchev–Trinajstić information content (AvgIpc) is 2.70. The highest BCUT2D eigenvalue weighted by molar-refractivity contribution is 5.96. The van der Waals surface area contributed by atoms with Crippen molar-refractivity contribution in [2.45, 2.75) is 26.0 Å². The number of rotatable bonds is 6. The van der Waals surface area contributed by atoms with E-state index in [1.54, 1.807) is 25.1 Å². The highest BCUT2D eigenvalue weighted by Gasteiger charge is 2.25. The third kappa shape index (κ3) is 4.73. The van der Waals surface area contributed by atoms with Crippen LogP contribution >= 0.6 is 0 Å². The zero-order valence-electron chi connectivity index (χ0n) is 14.9. The van der Waals surface area contributed by atoms with E-state index in [0.29, 0.717) is 17.7 Å². The largest absolute Gasteiger partial charge is 0.488 e. The smallest absolute Gasteiger partial charge is 0.338 e. The summed E-state index contributed by atoms with van der Waals surface area (Å²) in [5.41, 5.74) is 1.91. The lowest BCUT2D eigenvalue weighted by atomic mass is 10.1. The van der Waals surface area contributed by atoms with Crippen LogP contribution < -0.4 is 10.1 Å². The summed E-state index contributed by atoms with van der Waals surface area (Å²) < 4.78 is 23.8. The monoisotopic (exact) mass is 369 g/mol. The molecule has 3 rings (SSSR count). The molecule has 5 nitrogen and oxygen atoms in total. The van der Waals surface area contributed by atoms with Gasteiger partial charge in [0.15, 0.2) is 6.10 Å². The fraction of sp³-hybridized carbons (Fsp3) is 0.238. The maximum Gasteiger partial charge on any atom is 0.338 e. The van der Waals surface area contributed by atoms with E-state index in [1.165, 1.54) is 12.1 Å². The number of para-hydroxylation sites is 1. The molecule has 27 heavy (non-hydrogen) atoms. The molecule has 0 bridgehead atoms. The molecule has 0 saturated heterocycles. The zero-order chi connectivity index (χ0) is 19.2. The minimum Gasteiger partial charge on any atom is -0.488 e. The average molecular weight is 369 g/mol. The Kier molecular flexibility index (Phi) is 5.86. The van der Waals surface area contributed by atoms with E-state index < -0.39 is 18.0 Å². The van der Waals surface area contributed by atoms with Crippen molar-refractivity contribution in [3.63, 3.8) is 0 Å². The van der Waals surface area contributed by atoms with Crippen molar-refractivity contribution < 1.29 is 23.5 Å². The van der Waals surface area contributed by atoms with Crippen LogP contribution in [0.3, 0.4) is 0 Å². The summed E-state index contributed by atoms with van der Waals surface area (Å²) in [5, 5.41) is 2.70. The van der Waals surface area contributed by atoms with Crippen molar-refractivity contribution >= 4 is 18.0 Å². The molecule has 0 saturated carbocycles. The Morgan fingerprint density at radius 3 is 2.67 bits per heavy atom. The minimum absolute atomic E-state index is 0.101. The molecule has 1 heterocycles. The van der Waals surface area contributed by atoms with E-state index in [-0.39, 0.29) is 19.0 Å². The third-order valence-electron chi connectivity index (χ3n) is 4.19. The van der Waals surface area contributed by atoms with Gasteiger partial charge >= 0.3 is 5.97 Å². The summed E-state index contributed by atoms with van der Waals surface area (Å²) in [6.45, 7) is 2.09. The van der Waals surface area contributed by atoms with E-state index in [2.05, 4.69) is 5.32 Å². The van der Waals surface area contributed by atoms with E-state index in [0.717, 1.165) is 11.1 Å².